The third-order valence-electron chi connectivity index (χ3n) is 5.35. The Labute approximate surface area is 152 Å². The van der Waals surface area contributed by atoms with Crippen molar-refractivity contribution in [1.29, 1.82) is 0 Å². The predicted molar refractivity (Wildman–Crippen MR) is 96.4 cm³/mol. The van der Waals surface area contributed by atoms with Gasteiger partial charge in [0.05, 0.1) is 23.8 Å². The minimum Gasteiger partial charge on any atom is -0.391 e. The molecule has 4 nitrogen and oxygen atoms in total. The van der Waals surface area contributed by atoms with Crippen LogP contribution in [0.4, 0.5) is 0 Å². The number of nitrogens with zero attached hydrogens (tertiary/aromatic N) is 2. The van der Waals surface area contributed by atoms with Crippen molar-refractivity contribution in [3.05, 3.63) is 64.4 Å². The number of rotatable bonds is 2. The van der Waals surface area contributed by atoms with Crippen LogP contribution in [0, 0.1) is 0 Å². The van der Waals surface area contributed by atoms with Gasteiger partial charge in [-0.3, -0.25) is 9.78 Å². The van der Waals surface area contributed by atoms with Crippen molar-refractivity contribution >= 4 is 17.5 Å². The number of halogens is 1. The number of benzene rings is 1. The zero-order valence-electron chi connectivity index (χ0n) is 13.9. The second-order valence-electron chi connectivity index (χ2n) is 6.88. The number of aliphatic hydroxyl groups excluding tert-OH is 1. The van der Waals surface area contributed by atoms with Gasteiger partial charge in [0.1, 0.15) is 0 Å². The number of aryl methyl sites for hydroxylation is 1. The molecule has 130 valence electrons. The summed E-state index contributed by atoms with van der Waals surface area (Å²) in [6.45, 7) is 0.575. The van der Waals surface area contributed by atoms with E-state index in [4.69, 9.17) is 11.6 Å². The number of aliphatic hydroxyl groups is 1. The number of carbonyl (C=O) groups is 1. The Hall–Kier alpha value is -1.91. The average Bonchev–Trinajstić information content (AvgIpc) is 3.03. The first kappa shape index (κ1) is 16.6. The normalized spacial score (nSPS) is 25.7. The molecule has 3 atom stereocenters. The number of hydrogen-bond acceptors (Lipinski definition) is 3. The second kappa shape index (κ2) is 6.77. The maximum Gasteiger partial charge on any atom is 0.232 e. The van der Waals surface area contributed by atoms with Gasteiger partial charge < -0.3 is 10.0 Å². The summed E-state index contributed by atoms with van der Waals surface area (Å²) in [5.41, 5.74) is 3.02. The summed E-state index contributed by atoms with van der Waals surface area (Å²) < 4.78 is 0. The van der Waals surface area contributed by atoms with Gasteiger partial charge in [-0.2, -0.15) is 0 Å². The molecule has 1 aromatic carbocycles. The Kier molecular flexibility index (Phi) is 4.48. The number of hydrogen-bond donors (Lipinski definition) is 1. The van der Waals surface area contributed by atoms with Crippen LogP contribution in [-0.4, -0.2) is 33.5 Å². The zero-order chi connectivity index (χ0) is 17.4. The van der Waals surface area contributed by atoms with Gasteiger partial charge in [-0.15, -0.1) is 0 Å². The molecule has 1 N–H and O–H groups in total. The summed E-state index contributed by atoms with van der Waals surface area (Å²) in [5.74, 6) is -0.124. The lowest BCUT2D eigenvalue weighted by atomic mass is 9.85. The Balaban J connectivity index is 1.64. The maximum absolute atomic E-state index is 13.3. The van der Waals surface area contributed by atoms with Crippen LogP contribution in [0.2, 0.25) is 5.02 Å². The number of pyridine rings is 1. The van der Waals surface area contributed by atoms with Crippen LogP contribution < -0.4 is 0 Å². The van der Waals surface area contributed by atoms with Crippen LogP contribution in [-0.2, 0) is 11.2 Å². The van der Waals surface area contributed by atoms with Gasteiger partial charge in [0.2, 0.25) is 5.91 Å². The van der Waals surface area contributed by atoms with E-state index in [0.29, 0.717) is 18.0 Å². The molecule has 2 heterocycles. The number of fused-ring (bicyclic) bond motifs is 1. The molecule has 1 amide bonds. The summed E-state index contributed by atoms with van der Waals surface area (Å²) in [6.07, 6.45) is 4.62. The van der Waals surface area contributed by atoms with Crippen LogP contribution in [0.3, 0.4) is 0 Å². The third-order valence-corrected chi connectivity index (χ3v) is 5.61. The molecular weight excluding hydrogens is 336 g/mol. The highest BCUT2D eigenvalue weighted by Crippen LogP contribution is 2.38. The number of amides is 1. The minimum atomic E-state index is -0.545. The third kappa shape index (κ3) is 3.05. The molecule has 0 spiro atoms. The van der Waals surface area contributed by atoms with Crippen molar-refractivity contribution in [2.24, 2.45) is 0 Å². The summed E-state index contributed by atoms with van der Waals surface area (Å²) >= 11 is 5.98. The molecule has 1 fully saturated rings. The van der Waals surface area contributed by atoms with E-state index >= 15 is 0 Å². The van der Waals surface area contributed by atoms with Gasteiger partial charge in [0.25, 0.3) is 0 Å². The molecule has 0 radical (unpaired) electrons. The van der Waals surface area contributed by atoms with E-state index in [-0.39, 0.29) is 17.9 Å². The van der Waals surface area contributed by atoms with Gasteiger partial charge >= 0.3 is 0 Å². The summed E-state index contributed by atoms with van der Waals surface area (Å²) in [4.78, 5) is 19.6. The van der Waals surface area contributed by atoms with Crippen molar-refractivity contribution in [3.63, 3.8) is 0 Å². The van der Waals surface area contributed by atoms with E-state index in [1.54, 1.807) is 6.20 Å². The Morgan fingerprint density at radius 2 is 2.00 bits per heavy atom. The van der Waals surface area contributed by atoms with Crippen molar-refractivity contribution in [2.75, 3.05) is 6.54 Å². The van der Waals surface area contributed by atoms with E-state index in [9.17, 15) is 9.90 Å². The topological polar surface area (TPSA) is 53.4 Å². The van der Waals surface area contributed by atoms with Crippen molar-refractivity contribution < 1.29 is 9.90 Å². The van der Waals surface area contributed by atoms with E-state index in [0.717, 1.165) is 30.5 Å². The molecule has 4 rings (SSSR count). The fraction of sp³-hybridized carbons (Fsp3) is 0.400. The van der Waals surface area contributed by atoms with Crippen LogP contribution in [0.15, 0.2) is 42.6 Å². The molecular formula is C20H21ClN2O2. The highest BCUT2D eigenvalue weighted by atomic mass is 35.5. The van der Waals surface area contributed by atoms with Gasteiger partial charge in [0.15, 0.2) is 0 Å². The molecule has 1 aliphatic heterocycles. The molecule has 1 aromatic heterocycles. The zero-order valence-corrected chi connectivity index (χ0v) is 14.7. The maximum atomic E-state index is 13.3. The van der Waals surface area contributed by atoms with Gasteiger partial charge in [-0.1, -0.05) is 29.8 Å². The molecule has 1 unspecified atom stereocenters. The Morgan fingerprint density at radius 1 is 1.20 bits per heavy atom. The van der Waals surface area contributed by atoms with Crippen molar-refractivity contribution in [1.82, 2.24) is 9.88 Å². The molecule has 2 aromatic rings. The van der Waals surface area contributed by atoms with Crippen LogP contribution in [0.1, 0.15) is 48.0 Å². The summed E-state index contributed by atoms with van der Waals surface area (Å²) in [7, 11) is 0. The number of likely N-dealkylation sites (tertiary alicyclic amines) is 1. The number of carbonyl (C=O) groups excluding carboxylic acids is 1. The number of aromatic nitrogens is 1. The minimum absolute atomic E-state index is 0.0798. The van der Waals surface area contributed by atoms with Gasteiger partial charge in [0, 0.05) is 17.8 Å². The summed E-state index contributed by atoms with van der Waals surface area (Å²) in [5, 5.41) is 11.1. The van der Waals surface area contributed by atoms with Crippen LogP contribution in [0.5, 0.6) is 0 Å². The lowest BCUT2D eigenvalue weighted by Gasteiger charge is -2.32. The van der Waals surface area contributed by atoms with Gasteiger partial charge in [-0.25, -0.2) is 0 Å². The van der Waals surface area contributed by atoms with Crippen LogP contribution in [0.25, 0.3) is 0 Å². The highest BCUT2D eigenvalue weighted by Gasteiger charge is 2.41. The largest absolute Gasteiger partial charge is 0.391 e. The van der Waals surface area contributed by atoms with E-state index < -0.39 is 6.10 Å². The second-order valence-corrected chi connectivity index (χ2v) is 7.31. The SMILES string of the molecule is O=C(C1CCCc2cccnc21)N1CC[C@@H](O)[C@H]1c1ccc(Cl)cc1. The van der Waals surface area contributed by atoms with Crippen LogP contribution >= 0.6 is 11.6 Å². The molecule has 0 saturated carbocycles. The molecule has 2 aliphatic rings. The first-order chi connectivity index (χ1) is 12.1. The van der Waals surface area contributed by atoms with Crippen molar-refractivity contribution in [2.45, 2.75) is 43.7 Å². The van der Waals surface area contributed by atoms with E-state index in [2.05, 4.69) is 11.1 Å². The standard InChI is InChI=1S/C20H21ClN2O2/c21-15-8-6-14(7-9-15)19-17(24)10-12-23(19)20(25)16-5-1-3-13-4-2-11-22-18(13)16/h2,4,6-9,11,16-17,19,24H,1,3,5,10,12H2/t16?,17-,19-/m1/s1. The molecule has 1 aliphatic carbocycles. The van der Waals surface area contributed by atoms with Gasteiger partial charge in [-0.05, 0) is 55.0 Å². The first-order valence-electron chi connectivity index (χ1n) is 8.83. The van der Waals surface area contributed by atoms with E-state index in [1.165, 1.54) is 5.56 Å². The molecule has 0 bridgehead atoms. The summed E-state index contributed by atoms with van der Waals surface area (Å²) in [6, 6.07) is 11.1. The van der Waals surface area contributed by atoms with Crippen molar-refractivity contribution in [3.8, 4) is 0 Å². The molecule has 5 heteroatoms. The quantitative estimate of drug-likeness (QED) is 0.896. The lowest BCUT2D eigenvalue weighted by molar-refractivity contribution is -0.135. The smallest absolute Gasteiger partial charge is 0.232 e. The fourth-order valence-electron chi connectivity index (χ4n) is 4.14. The van der Waals surface area contributed by atoms with E-state index in [1.807, 2.05) is 35.2 Å². The molecule has 1 saturated heterocycles. The Bertz CT molecular complexity index is 778. The lowest BCUT2D eigenvalue weighted by Crippen LogP contribution is -2.38. The highest BCUT2D eigenvalue weighted by molar-refractivity contribution is 6.30. The Morgan fingerprint density at radius 3 is 2.80 bits per heavy atom. The fourth-order valence-corrected chi connectivity index (χ4v) is 4.26. The monoisotopic (exact) mass is 356 g/mol. The first-order valence-corrected chi connectivity index (χ1v) is 9.21. The predicted octanol–water partition coefficient (Wildman–Crippen LogP) is 3.49. The average molecular weight is 357 g/mol. The molecule has 25 heavy (non-hydrogen) atoms.